The summed E-state index contributed by atoms with van der Waals surface area (Å²) in [5.74, 6) is 1.93. The van der Waals surface area contributed by atoms with Crippen LogP contribution in [0.5, 0.6) is 0 Å². The van der Waals surface area contributed by atoms with Gasteiger partial charge in [-0.25, -0.2) is 0 Å². The van der Waals surface area contributed by atoms with E-state index in [0.717, 1.165) is 44.6 Å². The number of nitrogens with zero attached hydrogens (tertiary/aromatic N) is 4. The van der Waals surface area contributed by atoms with Crippen molar-refractivity contribution in [2.75, 3.05) is 0 Å². The van der Waals surface area contributed by atoms with Gasteiger partial charge < -0.3 is 14.0 Å². The zero-order chi connectivity index (χ0) is 49.5. The Kier molecular flexibility index (Phi) is 11.1. The van der Waals surface area contributed by atoms with Gasteiger partial charge in [-0.1, -0.05) is 137 Å². The Balaban J connectivity index is 0.000000271. The first-order valence-electron chi connectivity index (χ1n) is 24.7. The Morgan fingerprint density at radius 1 is 0.631 bits per heavy atom. The summed E-state index contributed by atoms with van der Waals surface area (Å²) in [5.41, 5.74) is 17.5. The maximum absolute atomic E-state index is 7.28. The number of para-hydroxylation sites is 2. The molecule has 0 saturated carbocycles. The van der Waals surface area contributed by atoms with Crippen molar-refractivity contribution in [3.05, 3.63) is 203 Å². The minimum atomic E-state index is -2.18. The Labute approximate surface area is 405 Å². The van der Waals surface area contributed by atoms with Gasteiger partial charge in [-0.05, 0) is 119 Å². The Bertz CT molecular complexity index is 3370. The molecular formula is C59H52IrN4O-2. The molecule has 0 spiro atoms. The van der Waals surface area contributed by atoms with E-state index in [1.807, 2.05) is 30.3 Å². The van der Waals surface area contributed by atoms with Gasteiger partial charge in [-0.2, -0.15) is 0 Å². The first-order chi connectivity index (χ1) is 33.5. The molecule has 325 valence electrons. The van der Waals surface area contributed by atoms with Crippen molar-refractivity contribution in [3.8, 4) is 62.0 Å². The number of benzene rings is 7. The molecule has 0 atom stereocenters. The summed E-state index contributed by atoms with van der Waals surface area (Å²) in [6.07, 6.45) is 1.30. The second kappa shape index (κ2) is 19.2. The van der Waals surface area contributed by atoms with Crippen molar-refractivity contribution < 1.29 is 32.7 Å². The third-order valence-corrected chi connectivity index (χ3v) is 11.6. The molecule has 0 amide bonds. The fourth-order valence-electron chi connectivity index (χ4n) is 8.40. The fraction of sp³-hybridized carbons (Fsp3) is 0.169. The molecule has 10 rings (SSSR count). The van der Waals surface area contributed by atoms with E-state index in [1.54, 1.807) is 12.1 Å². The van der Waals surface area contributed by atoms with Crippen LogP contribution in [0.2, 0.25) is 0 Å². The van der Waals surface area contributed by atoms with Gasteiger partial charge in [0.15, 0.2) is 0 Å². The molecule has 0 aliphatic carbocycles. The summed E-state index contributed by atoms with van der Waals surface area (Å²) >= 11 is 0. The normalized spacial score (nSPS) is 13.0. The number of aryl methyl sites for hydroxylation is 4. The summed E-state index contributed by atoms with van der Waals surface area (Å²) in [7, 11) is 0. The Hall–Kier alpha value is -6.72. The van der Waals surface area contributed by atoms with Crippen molar-refractivity contribution in [3.63, 3.8) is 0 Å². The van der Waals surface area contributed by atoms with E-state index in [2.05, 4.69) is 154 Å². The summed E-state index contributed by atoms with van der Waals surface area (Å²) in [6, 6.07) is 56.7. The smallest absolute Gasteiger partial charge is 0.215 e. The van der Waals surface area contributed by atoms with Crippen LogP contribution in [0.25, 0.3) is 84.2 Å². The third kappa shape index (κ3) is 9.15. The number of hydrogen-bond donors (Lipinski definition) is 0. The van der Waals surface area contributed by atoms with Crippen LogP contribution in [0.15, 0.2) is 162 Å². The van der Waals surface area contributed by atoms with Gasteiger partial charge in [-0.3, -0.25) is 9.97 Å². The van der Waals surface area contributed by atoms with E-state index in [4.69, 9.17) is 22.6 Å². The quantitative estimate of drug-likeness (QED) is 0.142. The summed E-state index contributed by atoms with van der Waals surface area (Å²) in [6.45, 7) is 9.13. The number of fused-ring (bicyclic) bond motifs is 2. The maximum atomic E-state index is 7.28. The predicted octanol–water partition coefficient (Wildman–Crippen LogP) is 15.7. The first-order valence-corrected chi connectivity index (χ1v) is 21.7. The monoisotopic (exact) mass is 1030 g/mol. The number of oxazole rings is 1. The first kappa shape index (κ1) is 37.6. The molecular weight excluding hydrogens is 973 g/mol. The van der Waals surface area contributed by atoms with E-state index in [1.165, 1.54) is 63.5 Å². The minimum absolute atomic E-state index is 0. The fourth-order valence-corrected chi connectivity index (χ4v) is 8.40. The standard InChI is InChI=1S/C46H40N3O.C13H12N.Ir/c1-28(2)36-24-34(32-18-9-7-10-19-32)25-37(29(3)4)44(36)49-40-23-14-13-22-39(40)47-45(49)35-26-38(42-30(5)16-15-17-31(42)6)43-41(27-35)50-46(48-43)33-20-11-8-12-21-33;1-10-3-6-12(7-4-10)13-8-5-11(2)9-14-13;/h7-26,28-29H,1-6H3;3-6,8-9H,1-2H3;/q2*-1;/i;1D3,2D3;. The predicted molar refractivity (Wildman–Crippen MR) is 265 cm³/mol. The molecule has 10 aromatic rings. The van der Waals surface area contributed by atoms with Crippen LogP contribution in [0.3, 0.4) is 0 Å². The molecule has 0 unspecified atom stereocenters. The average Bonchev–Trinajstić information content (AvgIpc) is 3.96. The molecule has 3 aromatic heterocycles. The summed E-state index contributed by atoms with van der Waals surface area (Å²) in [4.78, 5) is 14.5. The van der Waals surface area contributed by atoms with Gasteiger partial charge in [0, 0.05) is 51.3 Å². The van der Waals surface area contributed by atoms with Crippen LogP contribution in [-0.4, -0.2) is 19.5 Å². The van der Waals surface area contributed by atoms with E-state index in [9.17, 15) is 0 Å². The molecule has 0 saturated heterocycles. The van der Waals surface area contributed by atoms with Crippen molar-refractivity contribution in [2.45, 2.75) is 67.1 Å². The van der Waals surface area contributed by atoms with Crippen LogP contribution in [0.4, 0.5) is 0 Å². The number of rotatable bonds is 8. The number of aromatic nitrogens is 4. The average molecular weight is 1030 g/mol. The van der Waals surface area contributed by atoms with Gasteiger partial charge in [-0.15, -0.1) is 47.0 Å². The Morgan fingerprint density at radius 2 is 1.28 bits per heavy atom. The molecule has 0 bridgehead atoms. The van der Waals surface area contributed by atoms with E-state index in [0.29, 0.717) is 22.7 Å². The van der Waals surface area contributed by atoms with Crippen LogP contribution in [0.1, 0.15) is 81.1 Å². The van der Waals surface area contributed by atoms with E-state index in [-0.39, 0.29) is 43.1 Å². The van der Waals surface area contributed by atoms with E-state index < -0.39 is 13.7 Å². The number of hydrogen-bond acceptors (Lipinski definition) is 4. The number of pyridine rings is 1. The SMILES string of the molecule is Cc1cccc(C)c1-c1cc(-c2nc3ccccc3n2-c2c(C(C)C)cc(-c3ccccc3)cc2C(C)C)[c-]c2oc(-c3ccccc3)nc12.[2H]C([2H])([2H])c1c[c-]c(-c2ccc(C([2H])([2H])[2H])cn2)cc1.[Ir]. The van der Waals surface area contributed by atoms with Gasteiger partial charge in [0.25, 0.3) is 0 Å². The van der Waals surface area contributed by atoms with Crippen molar-refractivity contribution in [1.82, 2.24) is 19.5 Å². The maximum Gasteiger partial charge on any atom is 0.215 e. The zero-order valence-corrected chi connectivity index (χ0v) is 39.6. The topological polar surface area (TPSA) is 56.7 Å². The molecule has 7 aromatic carbocycles. The summed E-state index contributed by atoms with van der Waals surface area (Å²) in [5, 5.41) is 0. The minimum Gasteiger partial charge on any atom is -0.457 e. The van der Waals surface area contributed by atoms with Crippen LogP contribution >= 0.6 is 0 Å². The summed E-state index contributed by atoms with van der Waals surface area (Å²) < 4.78 is 52.6. The van der Waals surface area contributed by atoms with Gasteiger partial charge in [0.2, 0.25) is 5.89 Å². The van der Waals surface area contributed by atoms with Gasteiger partial charge >= 0.3 is 0 Å². The molecule has 0 aliphatic rings. The van der Waals surface area contributed by atoms with Crippen LogP contribution in [-0.2, 0) is 20.1 Å². The van der Waals surface area contributed by atoms with Crippen LogP contribution < -0.4 is 0 Å². The van der Waals surface area contributed by atoms with Crippen molar-refractivity contribution >= 4 is 22.1 Å². The zero-order valence-electron chi connectivity index (χ0n) is 43.2. The van der Waals surface area contributed by atoms with Gasteiger partial charge in [0.05, 0.1) is 22.4 Å². The molecule has 6 heteroatoms. The van der Waals surface area contributed by atoms with E-state index >= 15 is 0 Å². The van der Waals surface area contributed by atoms with Crippen molar-refractivity contribution in [2.24, 2.45) is 0 Å². The Morgan fingerprint density at radius 3 is 1.89 bits per heavy atom. The molecule has 3 heterocycles. The van der Waals surface area contributed by atoms with Gasteiger partial charge in [0.1, 0.15) is 0 Å². The second-order valence-electron chi connectivity index (χ2n) is 16.8. The largest absolute Gasteiger partial charge is 0.457 e. The molecule has 0 fully saturated rings. The molecule has 5 nitrogen and oxygen atoms in total. The second-order valence-corrected chi connectivity index (χ2v) is 16.8. The van der Waals surface area contributed by atoms with Crippen molar-refractivity contribution in [1.29, 1.82) is 0 Å². The molecule has 0 N–H and O–H groups in total. The molecule has 1 radical (unpaired) electrons. The molecule has 0 aliphatic heterocycles. The third-order valence-electron chi connectivity index (χ3n) is 11.6. The molecule has 65 heavy (non-hydrogen) atoms. The number of imidazole rings is 1. The van der Waals surface area contributed by atoms with Crippen LogP contribution in [0, 0.1) is 39.7 Å².